The van der Waals surface area contributed by atoms with Crippen LogP contribution in [-0.4, -0.2) is 17.8 Å². The van der Waals surface area contributed by atoms with E-state index in [0.29, 0.717) is 6.42 Å². The second-order valence-corrected chi connectivity index (χ2v) is 3.56. The largest absolute Gasteiger partial charge is 0.373 e. The van der Waals surface area contributed by atoms with E-state index in [4.69, 9.17) is 0 Å². The SMILES string of the molecule is CNc1ncccc1CC(=O)C(C)C. The maximum absolute atomic E-state index is 11.5. The zero-order valence-corrected chi connectivity index (χ0v) is 8.87. The first kappa shape index (κ1) is 10.7. The van der Waals surface area contributed by atoms with Crippen molar-refractivity contribution in [2.75, 3.05) is 12.4 Å². The molecule has 0 aliphatic carbocycles. The molecule has 0 radical (unpaired) electrons. The van der Waals surface area contributed by atoms with Crippen molar-refractivity contribution in [1.82, 2.24) is 4.98 Å². The molecule has 76 valence electrons. The normalized spacial score (nSPS) is 10.3. The van der Waals surface area contributed by atoms with Crippen molar-refractivity contribution in [3.8, 4) is 0 Å². The third kappa shape index (κ3) is 2.55. The molecule has 0 aliphatic heterocycles. The Hall–Kier alpha value is -1.38. The minimum atomic E-state index is 0.0833. The Morgan fingerprint density at radius 2 is 2.29 bits per heavy atom. The van der Waals surface area contributed by atoms with E-state index < -0.39 is 0 Å². The number of aromatic nitrogens is 1. The Balaban J connectivity index is 2.80. The summed E-state index contributed by atoms with van der Waals surface area (Å²) < 4.78 is 0. The molecule has 3 heteroatoms. The number of nitrogens with zero attached hydrogens (tertiary/aromatic N) is 1. The van der Waals surface area contributed by atoms with Crippen LogP contribution in [0.15, 0.2) is 18.3 Å². The van der Waals surface area contributed by atoms with Gasteiger partial charge in [0, 0.05) is 31.1 Å². The molecule has 1 rings (SSSR count). The first-order valence-corrected chi connectivity index (χ1v) is 4.79. The van der Waals surface area contributed by atoms with Crippen molar-refractivity contribution < 1.29 is 4.79 Å². The van der Waals surface area contributed by atoms with Gasteiger partial charge >= 0.3 is 0 Å². The molecule has 1 heterocycles. The van der Waals surface area contributed by atoms with Crippen LogP contribution < -0.4 is 5.32 Å². The van der Waals surface area contributed by atoms with E-state index in [9.17, 15) is 4.79 Å². The molecule has 3 nitrogen and oxygen atoms in total. The van der Waals surface area contributed by atoms with Crippen LogP contribution in [0.5, 0.6) is 0 Å². The van der Waals surface area contributed by atoms with Crippen molar-refractivity contribution >= 4 is 11.6 Å². The molecule has 0 unspecified atom stereocenters. The van der Waals surface area contributed by atoms with Gasteiger partial charge in [0.2, 0.25) is 0 Å². The van der Waals surface area contributed by atoms with E-state index in [1.165, 1.54) is 0 Å². The van der Waals surface area contributed by atoms with Gasteiger partial charge in [0.25, 0.3) is 0 Å². The second kappa shape index (κ2) is 4.74. The Kier molecular flexibility index (Phi) is 3.63. The Morgan fingerprint density at radius 3 is 2.86 bits per heavy atom. The summed E-state index contributed by atoms with van der Waals surface area (Å²) in [6, 6.07) is 3.78. The van der Waals surface area contributed by atoms with Gasteiger partial charge < -0.3 is 5.32 Å². The third-order valence-corrected chi connectivity index (χ3v) is 2.14. The third-order valence-electron chi connectivity index (χ3n) is 2.14. The van der Waals surface area contributed by atoms with Crippen LogP contribution in [0.3, 0.4) is 0 Å². The van der Waals surface area contributed by atoms with Crippen molar-refractivity contribution in [2.24, 2.45) is 5.92 Å². The van der Waals surface area contributed by atoms with Crippen molar-refractivity contribution in [3.05, 3.63) is 23.9 Å². The maximum Gasteiger partial charge on any atom is 0.139 e. The minimum absolute atomic E-state index is 0.0833. The van der Waals surface area contributed by atoms with Gasteiger partial charge in [0.15, 0.2) is 0 Å². The molecule has 0 atom stereocenters. The van der Waals surface area contributed by atoms with Crippen LogP contribution in [-0.2, 0) is 11.2 Å². The number of hydrogen-bond donors (Lipinski definition) is 1. The lowest BCUT2D eigenvalue weighted by molar-refractivity contribution is -0.121. The summed E-state index contributed by atoms with van der Waals surface area (Å²) in [4.78, 5) is 15.7. The molecule has 1 aromatic rings. The molecule has 14 heavy (non-hydrogen) atoms. The average Bonchev–Trinajstić information content (AvgIpc) is 2.18. The van der Waals surface area contributed by atoms with Crippen LogP contribution in [0.1, 0.15) is 19.4 Å². The van der Waals surface area contributed by atoms with E-state index in [0.717, 1.165) is 11.4 Å². The first-order chi connectivity index (χ1) is 6.65. The average molecular weight is 192 g/mol. The predicted octanol–water partition coefficient (Wildman–Crippen LogP) is 1.89. The highest BCUT2D eigenvalue weighted by molar-refractivity contribution is 5.83. The molecule has 0 aliphatic rings. The number of carbonyl (C=O) groups excluding carboxylic acids is 1. The zero-order valence-electron chi connectivity index (χ0n) is 8.87. The monoisotopic (exact) mass is 192 g/mol. The van der Waals surface area contributed by atoms with Crippen LogP contribution in [0.2, 0.25) is 0 Å². The van der Waals surface area contributed by atoms with Crippen LogP contribution in [0.25, 0.3) is 0 Å². The molecule has 0 saturated carbocycles. The van der Waals surface area contributed by atoms with E-state index in [-0.39, 0.29) is 11.7 Å². The fourth-order valence-corrected chi connectivity index (χ4v) is 1.20. The highest BCUT2D eigenvalue weighted by Gasteiger charge is 2.10. The number of anilines is 1. The number of rotatable bonds is 4. The second-order valence-electron chi connectivity index (χ2n) is 3.56. The summed E-state index contributed by atoms with van der Waals surface area (Å²) in [5.41, 5.74) is 0.966. The van der Waals surface area contributed by atoms with Crippen LogP contribution in [0.4, 0.5) is 5.82 Å². The highest BCUT2D eigenvalue weighted by atomic mass is 16.1. The summed E-state index contributed by atoms with van der Waals surface area (Å²) in [5.74, 6) is 1.12. The fourth-order valence-electron chi connectivity index (χ4n) is 1.20. The van der Waals surface area contributed by atoms with Crippen LogP contribution in [0, 0.1) is 5.92 Å². The maximum atomic E-state index is 11.5. The van der Waals surface area contributed by atoms with Crippen molar-refractivity contribution in [1.29, 1.82) is 0 Å². The van der Waals surface area contributed by atoms with E-state index in [2.05, 4.69) is 10.3 Å². The predicted molar refractivity (Wildman–Crippen MR) is 57.3 cm³/mol. The van der Waals surface area contributed by atoms with Gasteiger partial charge in [-0.1, -0.05) is 19.9 Å². The van der Waals surface area contributed by atoms with E-state index in [1.54, 1.807) is 6.20 Å². The molecule has 0 amide bonds. The Morgan fingerprint density at radius 1 is 1.57 bits per heavy atom. The number of ketones is 1. The molecule has 0 bridgehead atoms. The minimum Gasteiger partial charge on any atom is -0.373 e. The number of carbonyl (C=O) groups is 1. The quantitative estimate of drug-likeness (QED) is 0.792. The smallest absolute Gasteiger partial charge is 0.139 e. The Labute approximate surface area is 84.6 Å². The van der Waals surface area contributed by atoms with Gasteiger partial charge in [0.1, 0.15) is 11.6 Å². The van der Waals surface area contributed by atoms with E-state index >= 15 is 0 Å². The van der Waals surface area contributed by atoms with Gasteiger partial charge in [-0.3, -0.25) is 4.79 Å². The number of pyridine rings is 1. The van der Waals surface area contributed by atoms with Crippen molar-refractivity contribution in [2.45, 2.75) is 20.3 Å². The zero-order chi connectivity index (χ0) is 10.6. The molecular formula is C11H16N2O. The summed E-state index contributed by atoms with van der Waals surface area (Å²) >= 11 is 0. The number of nitrogens with one attached hydrogen (secondary N) is 1. The summed E-state index contributed by atoms with van der Waals surface area (Å²) in [6.07, 6.45) is 2.18. The lowest BCUT2D eigenvalue weighted by Crippen LogP contribution is -2.11. The van der Waals surface area contributed by atoms with Gasteiger partial charge in [-0.15, -0.1) is 0 Å². The molecule has 0 spiro atoms. The highest BCUT2D eigenvalue weighted by Crippen LogP contribution is 2.13. The van der Waals surface area contributed by atoms with E-state index in [1.807, 2.05) is 33.0 Å². The Bertz CT molecular complexity index is 321. The van der Waals surface area contributed by atoms with Gasteiger partial charge in [-0.05, 0) is 6.07 Å². The van der Waals surface area contributed by atoms with Gasteiger partial charge in [0.05, 0.1) is 0 Å². The van der Waals surface area contributed by atoms with Crippen LogP contribution >= 0.6 is 0 Å². The van der Waals surface area contributed by atoms with Gasteiger partial charge in [-0.2, -0.15) is 0 Å². The molecular weight excluding hydrogens is 176 g/mol. The summed E-state index contributed by atoms with van der Waals surface area (Å²) in [7, 11) is 1.81. The lowest BCUT2D eigenvalue weighted by Gasteiger charge is -2.08. The molecule has 0 aromatic carbocycles. The van der Waals surface area contributed by atoms with Crippen molar-refractivity contribution in [3.63, 3.8) is 0 Å². The molecule has 0 fully saturated rings. The van der Waals surface area contributed by atoms with Gasteiger partial charge in [-0.25, -0.2) is 4.98 Å². The number of hydrogen-bond acceptors (Lipinski definition) is 3. The summed E-state index contributed by atoms with van der Waals surface area (Å²) in [5, 5.41) is 2.98. The fraction of sp³-hybridized carbons (Fsp3) is 0.455. The number of Topliss-reactive ketones (excluding diaryl/α,β-unsaturated/α-hetero) is 1. The molecule has 1 aromatic heterocycles. The molecule has 0 saturated heterocycles. The topological polar surface area (TPSA) is 42.0 Å². The first-order valence-electron chi connectivity index (χ1n) is 4.79. The summed E-state index contributed by atoms with van der Waals surface area (Å²) in [6.45, 7) is 3.83. The standard InChI is InChI=1S/C11H16N2O/c1-8(2)10(14)7-9-5-4-6-13-11(9)12-3/h4-6,8H,7H2,1-3H3,(H,12,13). The molecule has 1 N–H and O–H groups in total. The lowest BCUT2D eigenvalue weighted by atomic mass is 10.0.